The molecule has 1 heterocycles. The molecular formula is C18H22N2. The topological polar surface area (TPSA) is 29.3 Å². The van der Waals surface area contributed by atoms with Crippen LogP contribution in [0, 0.1) is 0 Å². The van der Waals surface area contributed by atoms with Gasteiger partial charge in [0, 0.05) is 18.6 Å². The number of likely N-dealkylation sites (tertiary alicyclic amines) is 1. The van der Waals surface area contributed by atoms with E-state index < -0.39 is 0 Å². The molecule has 2 aromatic rings. The Balaban J connectivity index is 1.87. The fraction of sp³-hybridized carbons (Fsp3) is 0.333. The number of benzene rings is 2. The molecule has 2 heteroatoms. The molecule has 0 aliphatic carbocycles. The van der Waals surface area contributed by atoms with Gasteiger partial charge >= 0.3 is 0 Å². The second-order valence-corrected chi connectivity index (χ2v) is 5.47. The van der Waals surface area contributed by atoms with Crippen LogP contribution >= 0.6 is 0 Å². The average Bonchev–Trinajstić information content (AvgIpc) is 2.99. The van der Waals surface area contributed by atoms with Crippen LogP contribution in [0.4, 0.5) is 0 Å². The highest BCUT2D eigenvalue weighted by Crippen LogP contribution is 2.38. The number of nitrogens with two attached hydrogens (primary N) is 1. The molecule has 2 N–H and O–H groups in total. The molecule has 0 spiro atoms. The van der Waals surface area contributed by atoms with E-state index in [4.69, 9.17) is 5.73 Å². The molecule has 104 valence electrons. The van der Waals surface area contributed by atoms with Crippen molar-refractivity contribution in [1.82, 2.24) is 4.90 Å². The summed E-state index contributed by atoms with van der Waals surface area (Å²) in [6.45, 7) is 1.81. The van der Waals surface area contributed by atoms with Crippen molar-refractivity contribution in [3.63, 3.8) is 0 Å². The van der Waals surface area contributed by atoms with Gasteiger partial charge in [-0.05, 0) is 30.5 Å². The minimum Gasteiger partial charge on any atom is -0.329 e. The Morgan fingerprint density at radius 3 is 2.30 bits per heavy atom. The first kappa shape index (κ1) is 13.3. The Labute approximate surface area is 121 Å². The Bertz CT molecular complexity index is 524. The summed E-state index contributed by atoms with van der Waals surface area (Å²) in [6.07, 6.45) is 2.48. The highest BCUT2D eigenvalue weighted by Gasteiger charge is 2.31. The number of rotatable bonds is 4. The second-order valence-electron chi connectivity index (χ2n) is 5.47. The molecule has 0 saturated carbocycles. The fourth-order valence-corrected chi connectivity index (χ4v) is 3.33. The molecule has 2 aromatic carbocycles. The van der Waals surface area contributed by atoms with E-state index in [1.54, 1.807) is 0 Å². The van der Waals surface area contributed by atoms with Gasteiger partial charge in [-0.25, -0.2) is 0 Å². The number of hydrogen-bond donors (Lipinski definition) is 1. The van der Waals surface area contributed by atoms with E-state index in [0.29, 0.717) is 18.6 Å². The molecule has 1 aliphatic heterocycles. The van der Waals surface area contributed by atoms with Gasteiger partial charge < -0.3 is 5.73 Å². The van der Waals surface area contributed by atoms with Crippen LogP contribution in [0.25, 0.3) is 0 Å². The van der Waals surface area contributed by atoms with Crippen LogP contribution in [0.15, 0.2) is 60.7 Å². The molecule has 2 atom stereocenters. The lowest BCUT2D eigenvalue weighted by molar-refractivity contribution is 0.185. The number of nitrogens with zero attached hydrogens (tertiary/aromatic N) is 1. The standard InChI is InChI=1S/C18H22N2/c19-14-18(16-10-5-2-6-11-16)20-13-7-12-17(20)15-8-3-1-4-9-15/h1-6,8-11,17-18H,7,12-14,19H2. The molecular weight excluding hydrogens is 244 g/mol. The molecule has 2 unspecified atom stereocenters. The third kappa shape index (κ3) is 2.62. The normalized spacial score (nSPS) is 20.9. The summed E-state index contributed by atoms with van der Waals surface area (Å²) in [5.41, 5.74) is 8.83. The van der Waals surface area contributed by atoms with Gasteiger partial charge in [0.25, 0.3) is 0 Å². The van der Waals surface area contributed by atoms with Crippen molar-refractivity contribution in [3.8, 4) is 0 Å². The van der Waals surface area contributed by atoms with Gasteiger partial charge in [0.05, 0.1) is 0 Å². The molecule has 20 heavy (non-hydrogen) atoms. The Morgan fingerprint density at radius 1 is 1.00 bits per heavy atom. The van der Waals surface area contributed by atoms with Crippen LogP contribution in [0.3, 0.4) is 0 Å². The zero-order valence-electron chi connectivity index (χ0n) is 11.8. The van der Waals surface area contributed by atoms with Crippen LogP contribution in [-0.2, 0) is 0 Å². The van der Waals surface area contributed by atoms with Gasteiger partial charge in [0.15, 0.2) is 0 Å². The van der Waals surface area contributed by atoms with Crippen molar-refractivity contribution in [1.29, 1.82) is 0 Å². The van der Waals surface area contributed by atoms with Gasteiger partial charge in [-0.15, -0.1) is 0 Å². The molecule has 0 radical (unpaired) electrons. The molecule has 1 fully saturated rings. The van der Waals surface area contributed by atoms with E-state index in [1.165, 1.54) is 24.0 Å². The van der Waals surface area contributed by atoms with Gasteiger partial charge in [0.2, 0.25) is 0 Å². The summed E-state index contributed by atoms with van der Waals surface area (Å²) >= 11 is 0. The summed E-state index contributed by atoms with van der Waals surface area (Å²) < 4.78 is 0. The second kappa shape index (κ2) is 6.21. The largest absolute Gasteiger partial charge is 0.329 e. The van der Waals surface area contributed by atoms with Crippen LogP contribution < -0.4 is 5.73 Å². The van der Waals surface area contributed by atoms with E-state index in [0.717, 1.165) is 6.54 Å². The van der Waals surface area contributed by atoms with E-state index in [-0.39, 0.29) is 0 Å². The van der Waals surface area contributed by atoms with Gasteiger partial charge in [-0.2, -0.15) is 0 Å². The first-order valence-corrected chi connectivity index (χ1v) is 7.46. The third-order valence-electron chi connectivity index (χ3n) is 4.29. The Hall–Kier alpha value is -1.64. The molecule has 1 saturated heterocycles. The van der Waals surface area contributed by atoms with E-state index in [9.17, 15) is 0 Å². The molecule has 2 nitrogen and oxygen atoms in total. The SMILES string of the molecule is NCC(c1ccccc1)N1CCCC1c1ccccc1. The molecule has 0 bridgehead atoms. The van der Waals surface area contributed by atoms with Crippen LogP contribution in [0.5, 0.6) is 0 Å². The zero-order valence-corrected chi connectivity index (χ0v) is 11.8. The smallest absolute Gasteiger partial charge is 0.0476 e. The quantitative estimate of drug-likeness (QED) is 0.917. The maximum absolute atomic E-state index is 6.08. The predicted octanol–water partition coefficient (Wildman–Crippen LogP) is 3.52. The lowest BCUT2D eigenvalue weighted by atomic mass is 10.0. The minimum absolute atomic E-state index is 0.323. The molecule has 3 rings (SSSR count). The van der Waals surface area contributed by atoms with Gasteiger partial charge in [0.1, 0.15) is 0 Å². The lowest BCUT2D eigenvalue weighted by Crippen LogP contribution is -2.33. The minimum atomic E-state index is 0.323. The summed E-state index contributed by atoms with van der Waals surface area (Å²) in [7, 11) is 0. The summed E-state index contributed by atoms with van der Waals surface area (Å²) in [4.78, 5) is 2.57. The predicted molar refractivity (Wildman–Crippen MR) is 83.4 cm³/mol. The van der Waals surface area contributed by atoms with Crippen molar-refractivity contribution in [2.24, 2.45) is 5.73 Å². The number of hydrogen-bond acceptors (Lipinski definition) is 2. The molecule has 1 aliphatic rings. The van der Waals surface area contributed by atoms with Crippen molar-refractivity contribution >= 4 is 0 Å². The zero-order chi connectivity index (χ0) is 13.8. The highest BCUT2D eigenvalue weighted by molar-refractivity contribution is 5.24. The fourth-order valence-electron chi connectivity index (χ4n) is 3.33. The van der Waals surface area contributed by atoms with Crippen LogP contribution in [-0.4, -0.2) is 18.0 Å². The van der Waals surface area contributed by atoms with Crippen molar-refractivity contribution in [2.45, 2.75) is 24.9 Å². The van der Waals surface area contributed by atoms with E-state index in [1.807, 2.05) is 0 Å². The molecule has 0 amide bonds. The Morgan fingerprint density at radius 2 is 1.65 bits per heavy atom. The van der Waals surface area contributed by atoms with Gasteiger partial charge in [-0.1, -0.05) is 60.7 Å². The van der Waals surface area contributed by atoms with Crippen molar-refractivity contribution in [2.75, 3.05) is 13.1 Å². The van der Waals surface area contributed by atoms with E-state index >= 15 is 0 Å². The molecule has 0 aromatic heterocycles. The van der Waals surface area contributed by atoms with Crippen LogP contribution in [0.1, 0.15) is 36.1 Å². The van der Waals surface area contributed by atoms with Gasteiger partial charge in [-0.3, -0.25) is 4.90 Å². The van der Waals surface area contributed by atoms with Crippen molar-refractivity contribution in [3.05, 3.63) is 71.8 Å². The average molecular weight is 266 g/mol. The monoisotopic (exact) mass is 266 g/mol. The first-order valence-electron chi connectivity index (χ1n) is 7.46. The maximum atomic E-state index is 6.08. The highest BCUT2D eigenvalue weighted by atomic mass is 15.2. The van der Waals surface area contributed by atoms with Crippen molar-refractivity contribution < 1.29 is 0 Å². The summed E-state index contributed by atoms with van der Waals surface area (Å²) in [5, 5.41) is 0. The summed E-state index contributed by atoms with van der Waals surface area (Å²) in [6, 6.07) is 22.3. The first-order chi connectivity index (χ1) is 9.90. The summed E-state index contributed by atoms with van der Waals surface area (Å²) in [5.74, 6) is 0. The third-order valence-corrected chi connectivity index (χ3v) is 4.29. The lowest BCUT2D eigenvalue weighted by Gasteiger charge is -2.33. The Kier molecular flexibility index (Phi) is 4.14. The maximum Gasteiger partial charge on any atom is 0.0476 e. The van der Waals surface area contributed by atoms with Crippen LogP contribution in [0.2, 0.25) is 0 Å². The van der Waals surface area contributed by atoms with E-state index in [2.05, 4.69) is 65.6 Å².